The Kier molecular flexibility index (Phi) is 5.54. The minimum absolute atomic E-state index is 0.0502. The van der Waals surface area contributed by atoms with Crippen LogP contribution in [0.4, 0.5) is 11.4 Å². The van der Waals surface area contributed by atoms with Gasteiger partial charge in [-0.1, -0.05) is 30.3 Å². The van der Waals surface area contributed by atoms with Crippen LogP contribution in [0.5, 0.6) is 0 Å². The molecular weight excluding hydrogens is 440 g/mol. The number of nitrogens with zero attached hydrogens (tertiary/aromatic N) is 6. The predicted octanol–water partition coefficient (Wildman–Crippen LogP) is 1.41. The quantitative estimate of drug-likeness (QED) is 0.182. The van der Waals surface area contributed by atoms with Crippen LogP contribution in [-0.4, -0.2) is 63.9 Å². The zero-order chi connectivity index (χ0) is 23.8. The van der Waals surface area contributed by atoms with Crippen LogP contribution >= 0.6 is 0 Å². The molecule has 0 saturated carbocycles. The summed E-state index contributed by atoms with van der Waals surface area (Å²) in [6.45, 7) is 3.96. The second-order valence-electron chi connectivity index (χ2n) is 8.34. The van der Waals surface area contributed by atoms with Crippen LogP contribution in [0.1, 0.15) is 38.5 Å². The summed E-state index contributed by atoms with van der Waals surface area (Å²) < 4.78 is 1.24. The van der Waals surface area contributed by atoms with E-state index in [1.807, 2.05) is 6.07 Å². The lowest BCUT2D eigenvalue weighted by atomic mass is 9.90. The summed E-state index contributed by atoms with van der Waals surface area (Å²) in [5.41, 5.74) is 1.42. The van der Waals surface area contributed by atoms with E-state index in [9.17, 15) is 24.9 Å². The summed E-state index contributed by atoms with van der Waals surface area (Å²) in [4.78, 5) is 41.0. The van der Waals surface area contributed by atoms with Gasteiger partial charge in [-0.3, -0.25) is 24.6 Å². The van der Waals surface area contributed by atoms with Gasteiger partial charge in [-0.2, -0.15) is 0 Å². The van der Waals surface area contributed by atoms with Gasteiger partial charge in [0.05, 0.1) is 11.5 Å². The summed E-state index contributed by atoms with van der Waals surface area (Å²) in [6.07, 6.45) is 0.602. The number of non-ortho nitro benzene ring substituents is 1. The molecule has 0 unspecified atom stereocenters. The summed E-state index contributed by atoms with van der Waals surface area (Å²) in [5, 5.41) is 27.2. The number of carbonyl (C=O) groups is 2. The van der Waals surface area contributed by atoms with Crippen LogP contribution in [-0.2, 0) is 6.54 Å². The molecule has 0 spiro atoms. The molecule has 1 aromatic heterocycles. The smallest absolute Gasteiger partial charge is 0.271 e. The third-order valence-electron chi connectivity index (χ3n) is 6.34. The topological polar surface area (TPSA) is 129 Å². The lowest BCUT2D eigenvalue weighted by molar-refractivity contribution is -0.749. The zero-order valence-electron chi connectivity index (χ0n) is 18.3. The summed E-state index contributed by atoms with van der Waals surface area (Å²) in [5.74, 6) is -0.774. The Morgan fingerprint density at radius 3 is 2.35 bits per heavy atom. The highest BCUT2D eigenvalue weighted by atomic mass is 16.6. The van der Waals surface area contributed by atoms with E-state index in [0.29, 0.717) is 23.5 Å². The Morgan fingerprint density at radius 1 is 0.941 bits per heavy atom. The number of hydrogen-bond donors (Lipinski definition) is 0. The number of aromatic nitrogens is 3. The normalized spacial score (nSPS) is 15.8. The molecule has 1 aliphatic carbocycles. The number of hydrogen-bond acceptors (Lipinski definition) is 8. The summed E-state index contributed by atoms with van der Waals surface area (Å²) in [6, 6.07) is 13.1. The van der Waals surface area contributed by atoms with Gasteiger partial charge in [0, 0.05) is 71.7 Å². The number of anilines is 1. The van der Waals surface area contributed by atoms with Gasteiger partial charge in [-0.05, 0) is 12.5 Å². The number of piperazine rings is 1. The van der Waals surface area contributed by atoms with Crippen molar-refractivity contribution in [3.63, 3.8) is 0 Å². The van der Waals surface area contributed by atoms with Crippen LogP contribution in [0.2, 0.25) is 0 Å². The maximum absolute atomic E-state index is 13.0. The second-order valence-corrected chi connectivity index (χ2v) is 8.34. The molecule has 11 heteroatoms. The Balaban J connectivity index is 1.21. The molecular formula is C23H22N6O5. The molecule has 1 aliphatic heterocycles. The van der Waals surface area contributed by atoms with Crippen molar-refractivity contribution in [2.75, 3.05) is 37.6 Å². The maximum Gasteiger partial charge on any atom is 0.271 e. The van der Waals surface area contributed by atoms with Crippen molar-refractivity contribution >= 4 is 22.9 Å². The predicted molar refractivity (Wildman–Crippen MR) is 121 cm³/mol. The Bertz CT molecular complexity index is 1290. The third-order valence-corrected chi connectivity index (χ3v) is 6.34. The van der Waals surface area contributed by atoms with E-state index in [2.05, 4.69) is 14.9 Å². The molecule has 34 heavy (non-hydrogen) atoms. The van der Waals surface area contributed by atoms with Crippen LogP contribution in [0, 0.1) is 15.3 Å². The highest BCUT2D eigenvalue weighted by Crippen LogP contribution is 2.26. The first-order chi connectivity index (χ1) is 16.4. The lowest BCUT2D eigenvalue weighted by Gasteiger charge is -2.36. The van der Waals surface area contributed by atoms with E-state index in [1.165, 1.54) is 10.7 Å². The fourth-order valence-corrected chi connectivity index (χ4v) is 4.58. The first-order valence-electron chi connectivity index (χ1n) is 11.0. The SMILES string of the molecule is O=C1c2ccccc2C(=O)c2c1n[n+]([O-])n2CCCN1CCN(c2cccc([N+](=O)[O-])c2)CC1. The summed E-state index contributed by atoms with van der Waals surface area (Å²) >= 11 is 0. The van der Waals surface area contributed by atoms with Crippen molar-refractivity contribution in [2.45, 2.75) is 13.0 Å². The standard InChI is InChI=1S/C23H22N6O5/c30-22-18-7-1-2-8-19(18)23(31)21-20(22)24-29(34)27(21)10-4-9-25-11-13-26(14-12-25)16-5-3-6-17(15-16)28(32)33/h1-3,5-8,15H,4,9-14H2. The fraction of sp³-hybridized carbons (Fsp3) is 0.304. The highest BCUT2D eigenvalue weighted by Gasteiger charge is 2.39. The molecule has 11 nitrogen and oxygen atoms in total. The van der Waals surface area contributed by atoms with Crippen molar-refractivity contribution in [2.24, 2.45) is 0 Å². The fourth-order valence-electron chi connectivity index (χ4n) is 4.58. The van der Waals surface area contributed by atoms with Crippen molar-refractivity contribution in [1.29, 1.82) is 0 Å². The van der Waals surface area contributed by atoms with Gasteiger partial charge in [-0.25, -0.2) is 0 Å². The number of ketones is 2. The van der Waals surface area contributed by atoms with Gasteiger partial charge in [0.1, 0.15) is 0 Å². The van der Waals surface area contributed by atoms with E-state index < -0.39 is 10.7 Å². The first-order valence-corrected chi connectivity index (χ1v) is 11.0. The van der Waals surface area contributed by atoms with Crippen molar-refractivity contribution in [3.05, 3.63) is 86.4 Å². The lowest BCUT2D eigenvalue weighted by Crippen LogP contribution is -2.47. The zero-order valence-corrected chi connectivity index (χ0v) is 18.3. The van der Waals surface area contributed by atoms with Crippen molar-refractivity contribution in [3.8, 4) is 0 Å². The average Bonchev–Trinajstić information content (AvgIpc) is 3.19. The van der Waals surface area contributed by atoms with Crippen LogP contribution in [0.3, 0.4) is 0 Å². The van der Waals surface area contributed by atoms with E-state index in [-0.39, 0.29) is 35.0 Å². The molecule has 0 atom stereocenters. The van der Waals surface area contributed by atoms with Crippen LogP contribution < -0.4 is 9.86 Å². The van der Waals surface area contributed by atoms with Crippen LogP contribution in [0.15, 0.2) is 48.5 Å². The molecule has 0 amide bonds. The molecule has 1 fully saturated rings. The van der Waals surface area contributed by atoms with E-state index in [0.717, 1.165) is 31.9 Å². The monoisotopic (exact) mass is 462 g/mol. The largest absolute Gasteiger partial charge is 0.571 e. The van der Waals surface area contributed by atoms with Crippen molar-refractivity contribution in [1.82, 2.24) is 14.7 Å². The van der Waals surface area contributed by atoms with Crippen molar-refractivity contribution < 1.29 is 19.5 Å². The van der Waals surface area contributed by atoms with Gasteiger partial charge < -0.3 is 10.1 Å². The Labute approximate surface area is 194 Å². The molecule has 0 radical (unpaired) electrons. The van der Waals surface area contributed by atoms with E-state index >= 15 is 0 Å². The number of rotatable bonds is 6. The van der Waals surface area contributed by atoms with Gasteiger partial charge >= 0.3 is 0 Å². The molecule has 174 valence electrons. The maximum atomic E-state index is 13.0. The van der Waals surface area contributed by atoms with E-state index in [1.54, 1.807) is 36.4 Å². The Morgan fingerprint density at radius 2 is 1.65 bits per heavy atom. The van der Waals surface area contributed by atoms with Gasteiger partial charge in [-0.15, -0.1) is 4.68 Å². The first kappa shape index (κ1) is 21.7. The number of nitro benzene ring substituents is 1. The number of carbonyl (C=O) groups excluding carboxylic acids is 2. The minimum Gasteiger partial charge on any atom is -0.571 e. The molecule has 2 aliphatic rings. The summed E-state index contributed by atoms with van der Waals surface area (Å²) in [7, 11) is 0. The van der Waals surface area contributed by atoms with Gasteiger partial charge in [0.2, 0.25) is 17.3 Å². The Hall–Kier alpha value is -4.12. The number of fused-ring (bicyclic) bond motifs is 2. The van der Waals surface area contributed by atoms with Gasteiger partial charge in [0.25, 0.3) is 5.69 Å². The molecule has 5 rings (SSSR count). The molecule has 1 saturated heterocycles. The number of nitro groups is 1. The van der Waals surface area contributed by atoms with Gasteiger partial charge in [0.15, 0.2) is 5.69 Å². The average molecular weight is 462 g/mol. The highest BCUT2D eigenvalue weighted by molar-refractivity contribution is 6.26. The molecule has 2 heterocycles. The third kappa shape index (κ3) is 3.79. The second kappa shape index (κ2) is 8.67. The molecule has 0 bridgehead atoms. The molecule has 2 aromatic carbocycles. The minimum atomic E-state index is -0.411. The van der Waals surface area contributed by atoms with Crippen LogP contribution in [0.25, 0.3) is 0 Å². The molecule has 3 aromatic rings. The molecule has 0 N–H and O–H groups in total. The number of benzene rings is 2. The van der Waals surface area contributed by atoms with E-state index in [4.69, 9.17) is 0 Å².